The molecule has 0 spiro atoms. The van der Waals surface area contributed by atoms with Crippen molar-refractivity contribution in [1.29, 1.82) is 0 Å². The monoisotopic (exact) mass is 276 g/mol. The van der Waals surface area contributed by atoms with Crippen LogP contribution in [-0.4, -0.2) is 33.8 Å². The van der Waals surface area contributed by atoms with Gasteiger partial charge in [-0.05, 0) is 31.5 Å². The molecule has 0 radical (unpaired) electrons. The van der Waals surface area contributed by atoms with E-state index in [1.165, 1.54) is 34.7 Å². The van der Waals surface area contributed by atoms with Crippen LogP contribution in [0.3, 0.4) is 0 Å². The molecule has 1 atom stereocenters. The average molecular weight is 276 g/mol. The summed E-state index contributed by atoms with van der Waals surface area (Å²) in [4.78, 5) is 5.17. The fourth-order valence-corrected chi connectivity index (χ4v) is 3.65. The van der Waals surface area contributed by atoms with E-state index in [1.54, 1.807) is 0 Å². The van der Waals surface area contributed by atoms with Gasteiger partial charge in [0.1, 0.15) is 0 Å². The topological polar surface area (TPSA) is 47.1 Å². The summed E-state index contributed by atoms with van der Waals surface area (Å²) in [5, 5.41) is 4.22. The maximum Gasteiger partial charge on any atom is 0.0576 e. The zero-order valence-electron chi connectivity index (χ0n) is 11.2. The third-order valence-corrected chi connectivity index (χ3v) is 4.69. The number of hydrogen-bond acceptors (Lipinski definition) is 4. The van der Waals surface area contributed by atoms with E-state index in [0.29, 0.717) is 6.04 Å². The minimum absolute atomic E-state index is 0.353. The molecule has 0 aliphatic carbocycles. The van der Waals surface area contributed by atoms with Crippen molar-refractivity contribution >= 4 is 11.3 Å². The first kappa shape index (κ1) is 12.8. The van der Waals surface area contributed by atoms with Gasteiger partial charge in [-0.3, -0.25) is 9.58 Å². The van der Waals surface area contributed by atoms with Crippen molar-refractivity contribution in [3.05, 3.63) is 29.4 Å². The zero-order valence-corrected chi connectivity index (χ0v) is 12.1. The van der Waals surface area contributed by atoms with E-state index in [4.69, 9.17) is 5.73 Å². The number of nitrogens with two attached hydrogens (primary N) is 1. The third kappa shape index (κ3) is 3.05. The number of thiophene rings is 1. The maximum absolute atomic E-state index is 6.03. The predicted molar refractivity (Wildman–Crippen MR) is 79.0 cm³/mol. The molecule has 4 nitrogen and oxygen atoms in total. The lowest BCUT2D eigenvalue weighted by molar-refractivity contribution is 0.203. The molecule has 3 heterocycles. The van der Waals surface area contributed by atoms with Gasteiger partial charge in [-0.25, -0.2) is 0 Å². The largest absolute Gasteiger partial charge is 0.327 e. The summed E-state index contributed by atoms with van der Waals surface area (Å²) in [5.41, 5.74) is 7.23. The van der Waals surface area contributed by atoms with Crippen LogP contribution in [0.25, 0.3) is 10.4 Å². The Morgan fingerprint density at radius 1 is 1.47 bits per heavy atom. The van der Waals surface area contributed by atoms with Crippen molar-refractivity contribution in [2.24, 2.45) is 12.8 Å². The van der Waals surface area contributed by atoms with Crippen molar-refractivity contribution in [1.82, 2.24) is 14.7 Å². The normalized spacial score (nSPS) is 20.8. The lowest BCUT2D eigenvalue weighted by Crippen LogP contribution is -2.42. The molecule has 0 bridgehead atoms. The molecular weight excluding hydrogens is 256 g/mol. The van der Waals surface area contributed by atoms with Crippen LogP contribution in [0.15, 0.2) is 24.5 Å². The van der Waals surface area contributed by atoms with Crippen molar-refractivity contribution in [3.8, 4) is 10.4 Å². The van der Waals surface area contributed by atoms with E-state index in [-0.39, 0.29) is 0 Å². The van der Waals surface area contributed by atoms with Gasteiger partial charge in [-0.15, -0.1) is 11.3 Å². The second-order valence-corrected chi connectivity index (χ2v) is 6.47. The first-order valence-electron chi connectivity index (χ1n) is 6.76. The second-order valence-electron chi connectivity index (χ2n) is 5.31. The highest BCUT2D eigenvalue weighted by atomic mass is 32.1. The Kier molecular flexibility index (Phi) is 3.68. The lowest BCUT2D eigenvalue weighted by Gasteiger charge is -2.30. The molecule has 2 aromatic heterocycles. The van der Waals surface area contributed by atoms with E-state index < -0.39 is 0 Å². The highest BCUT2D eigenvalue weighted by Crippen LogP contribution is 2.28. The standard InChI is InChI=1S/C14H20N4S/c1-17-8-11(7-16-17)14-5-4-13(19-14)10-18-6-2-3-12(15)9-18/h4-5,7-8,12H,2-3,6,9-10,15H2,1H3/t12-/m1/s1. The van der Waals surface area contributed by atoms with Gasteiger partial charge in [0, 0.05) is 47.7 Å². The zero-order chi connectivity index (χ0) is 13.2. The molecule has 0 unspecified atom stereocenters. The first-order chi connectivity index (χ1) is 9.20. The molecule has 1 aliphatic heterocycles. The molecule has 3 rings (SSSR count). The Bertz CT molecular complexity index is 545. The summed E-state index contributed by atoms with van der Waals surface area (Å²) in [7, 11) is 1.95. The quantitative estimate of drug-likeness (QED) is 0.933. The van der Waals surface area contributed by atoms with Crippen LogP contribution in [0, 0.1) is 0 Å². The van der Waals surface area contributed by atoms with Crippen LogP contribution in [0.2, 0.25) is 0 Å². The highest BCUT2D eigenvalue weighted by Gasteiger charge is 2.17. The number of likely N-dealkylation sites (tertiary alicyclic amines) is 1. The van der Waals surface area contributed by atoms with Gasteiger partial charge in [0.25, 0.3) is 0 Å². The Hall–Kier alpha value is -1.17. The summed E-state index contributed by atoms with van der Waals surface area (Å²) in [6.45, 7) is 3.23. The summed E-state index contributed by atoms with van der Waals surface area (Å²) in [6, 6.07) is 4.78. The smallest absolute Gasteiger partial charge is 0.0576 e. The minimum atomic E-state index is 0.353. The Morgan fingerprint density at radius 3 is 3.11 bits per heavy atom. The molecule has 5 heteroatoms. The van der Waals surface area contributed by atoms with Crippen molar-refractivity contribution < 1.29 is 0 Å². The number of aromatic nitrogens is 2. The molecule has 1 aliphatic rings. The van der Waals surface area contributed by atoms with Gasteiger partial charge in [0.2, 0.25) is 0 Å². The van der Waals surface area contributed by atoms with Crippen LogP contribution >= 0.6 is 11.3 Å². The fraction of sp³-hybridized carbons (Fsp3) is 0.500. The molecule has 2 aromatic rings. The molecule has 0 saturated carbocycles. The number of piperidine rings is 1. The van der Waals surface area contributed by atoms with Crippen LogP contribution < -0.4 is 5.73 Å². The highest BCUT2D eigenvalue weighted by molar-refractivity contribution is 7.15. The van der Waals surface area contributed by atoms with Gasteiger partial charge in [0.05, 0.1) is 6.20 Å². The summed E-state index contributed by atoms with van der Waals surface area (Å²) >= 11 is 1.86. The van der Waals surface area contributed by atoms with Gasteiger partial charge in [0.15, 0.2) is 0 Å². The Morgan fingerprint density at radius 2 is 2.37 bits per heavy atom. The number of rotatable bonds is 3. The number of hydrogen-bond donors (Lipinski definition) is 1. The fourth-order valence-electron chi connectivity index (χ4n) is 2.62. The molecule has 1 saturated heterocycles. The molecule has 2 N–H and O–H groups in total. The molecule has 0 amide bonds. The van der Waals surface area contributed by atoms with Gasteiger partial charge >= 0.3 is 0 Å². The minimum Gasteiger partial charge on any atom is -0.327 e. The molecule has 1 fully saturated rings. The predicted octanol–water partition coefficient (Wildman–Crippen LogP) is 2.07. The van der Waals surface area contributed by atoms with Crippen molar-refractivity contribution in [2.75, 3.05) is 13.1 Å². The van der Waals surface area contributed by atoms with Gasteiger partial charge < -0.3 is 5.73 Å². The van der Waals surface area contributed by atoms with Crippen LogP contribution in [0.5, 0.6) is 0 Å². The van der Waals surface area contributed by atoms with Crippen LogP contribution in [0.4, 0.5) is 0 Å². The Labute approximate surface area is 117 Å². The summed E-state index contributed by atoms with van der Waals surface area (Å²) < 4.78 is 1.85. The summed E-state index contributed by atoms with van der Waals surface area (Å²) in [5.74, 6) is 0. The molecular formula is C14H20N4S. The van der Waals surface area contributed by atoms with Crippen LogP contribution in [0.1, 0.15) is 17.7 Å². The van der Waals surface area contributed by atoms with Gasteiger partial charge in [-0.1, -0.05) is 0 Å². The van der Waals surface area contributed by atoms with E-state index in [0.717, 1.165) is 13.1 Å². The van der Waals surface area contributed by atoms with E-state index in [1.807, 2.05) is 29.3 Å². The van der Waals surface area contributed by atoms with E-state index in [9.17, 15) is 0 Å². The second kappa shape index (κ2) is 5.45. The molecule has 0 aromatic carbocycles. The summed E-state index contributed by atoms with van der Waals surface area (Å²) in [6.07, 6.45) is 6.38. The molecule has 102 valence electrons. The van der Waals surface area contributed by atoms with E-state index >= 15 is 0 Å². The van der Waals surface area contributed by atoms with E-state index in [2.05, 4.69) is 28.3 Å². The average Bonchev–Trinajstić information content (AvgIpc) is 2.98. The Balaban J connectivity index is 1.68. The number of aryl methyl sites for hydroxylation is 1. The third-order valence-electron chi connectivity index (χ3n) is 3.57. The maximum atomic E-state index is 6.03. The molecule has 19 heavy (non-hydrogen) atoms. The first-order valence-corrected chi connectivity index (χ1v) is 7.58. The van der Waals surface area contributed by atoms with Crippen molar-refractivity contribution in [2.45, 2.75) is 25.4 Å². The SMILES string of the molecule is Cn1cc(-c2ccc(CN3CCC[C@@H](N)C3)s2)cn1. The van der Waals surface area contributed by atoms with Crippen molar-refractivity contribution in [3.63, 3.8) is 0 Å². The lowest BCUT2D eigenvalue weighted by atomic mass is 10.1. The van der Waals surface area contributed by atoms with Crippen LogP contribution in [-0.2, 0) is 13.6 Å². The van der Waals surface area contributed by atoms with Gasteiger partial charge in [-0.2, -0.15) is 5.10 Å². The number of nitrogens with zero attached hydrogens (tertiary/aromatic N) is 3.